The van der Waals surface area contributed by atoms with E-state index in [0.717, 1.165) is 10.9 Å². The van der Waals surface area contributed by atoms with Crippen LogP contribution in [0.15, 0.2) is 48.0 Å². The molecule has 0 atom stereocenters. The first-order valence-electron chi connectivity index (χ1n) is 5.80. The number of nitrogens with zero attached hydrogens (tertiary/aromatic N) is 1. The van der Waals surface area contributed by atoms with Crippen molar-refractivity contribution in [1.82, 2.24) is 4.98 Å². The Kier molecular flexibility index (Phi) is 3.01. The highest BCUT2D eigenvalue weighted by molar-refractivity contribution is 7.12. The molecule has 0 saturated heterocycles. The first kappa shape index (κ1) is 11.9. The summed E-state index contributed by atoms with van der Waals surface area (Å²) < 4.78 is 5.10. The van der Waals surface area contributed by atoms with Crippen LogP contribution in [0.3, 0.4) is 0 Å². The van der Waals surface area contributed by atoms with Gasteiger partial charge >= 0.3 is 0 Å². The third-order valence-electron chi connectivity index (χ3n) is 2.90. The number of hydrogen-bond donors (Lipinski definition) is 0. The maximum absolute atomic E-state index is 12.3. The standard InChI is InChI=1S/C15H11NO2S/c1-18-12-8-14(19-9-12)15(17)11-5-4-10-3-2-6-16-13(10)7-11/h2-9H,1H3. The van der Waals surface area contributed by atoms with Crippen LogP contribution >= 0.6 is 11.3 Å². The molecule has 4 heteroatoms. The second kappa shape index (κ2) is 4.82. The van der Waals surface area contributed by atoms with Gasteiger partial charge in [0.05, 0.1) is 17.5 Å². The second-order valence-corrected chi connectivity index (χ2v) is 5.00. The maximum Gasteiger partial charge on any atom is 0.203 e. The third-order valence-corrected chi connectivity index (χ3v) is 3.81. The molecule has 0 spiro atoms. The summed E-state index contributed by atoms with van der Waals surface area (Å²) in [6.07, 6.45) is 1.73. The van der Waals surface area contributed by atoms with E-state index in [4.69, 9.17) is 4.74 Å². The minimum absolute atomic E-state index is 0.000790. The number of carbonyl (C=O) groups excluding carboxylic acids is 1. The molecule has 2 heterocycles. The van der Waals surface area contributed by atoms with Gasteiger partial charge in [-0.3, -0.25) is 9.78 Å². The largest absolute Gasteiger partial charge is 0.496 e. The SMILES string of the molecule is COc1csc(C(=O)c2ccc3cccnc3c2)c1. The van der Waals surface area contributed by atoms with Crippen molar-refractivity contribution in [2.45, 2.75) is 0 Å². The Morgan fingerprint density at radius 3 is 2.95 bits per heavy atom. The summed E-state index contributed by atoms with van der Waals surface area (Å²) in [5, 5.41) is 2.86. The van der Waals surface area contributed by atoms with Crippen molar-refractivity contribution in [2.75, 3.05) is 7.11 Å². The highest BCUT2D eigenvalue weighted by atomic mass is 32.1. The zero-order valence-corrected chi connectivity index (χ0v) is 11.1. The third kappa shape index (κ3) is 2.22. The minimum atomic E-state index is 0.000790. The lowest BCUT2D eigenvalue weighted by Gasteiger charge is -2.00. The number of hydrogen-bond acceptors (Lipinski definition) is 4. The van der Waals surface area contributed by atoms with Crippen LogP contribution < -0.4 is 4.74 Å². The number of ketones is 1. The van der Waals surface area contributed by atoms with Crippen LogP contribution in [0.2, 0.25) is 0 Å². The van der Waals surface area contributed by atoms with Gasteiger partial charge in [-0.05, 0) is 12.1 Å². The molecule has 3 rings (SSSR count). The number of benzene rings is 1. The molecule has 1 aromatic carbocycles. The van der Waals surface area contributed by atoms with Gasteiger partial charge in [0.2, 0.25) is 5.78 Å². The van der Waals surface area contributed by atoms with Crippen LogP contribution in [0.4, 0.5) is 0 Å². The summed E-state index contributed by atoms with van der Waals surface area (Å²) in [5.41, 5.74) is 1.48. The van der Waals surface area contributed by atoms with Crippen molar-refractivity contribution < 1.29 is 9.53 Å². The van der Waals surface area contributed by atoms with Gasteiger partial charge in [0.15, 0.2) is 0 Å². The Morgan fingerprint density at radius 1 is 1.26 bits per heavy atom. The Bertz CT molecular complexity index is 748. The molecule has 0 bridgehead atoms. The summed E-state index contributed by atoms with van der Waals surface area (Å²) >= 11 is 1.39. The second-order valence-electron chi connectivity index (χ2n) is 4.09. The molecule has 94 valence electrons. The smallest absolute Gasteiger partial charge is 0.203 e. The van der Waals surface area contributed by atoms with E-state index in [-0.39, 0.29) is 5.78 Å². The van der Waals surface area contributed by atoms with Gasteiger partial charge in [0.25, 0.3) is 0 Å². The van der Waals surface area contributed by atoms with Crippen molar-refractivity contribution in [3.63, 3.8) is 0 Å². The number of fused-ring (bicyclic) bond motifs is 1. The Labute approximate surface area is 114 Å². The molecule has 3 nitrogen and oxygen atoms in total. The highest BCUT2D eigenvalue weighted by Gasteiger charge is 2.12. The zero-order valence-electron chi connectivity index (χ0n) is 10.3. The lowest BCUT2D eigenvalue weighted by atomic mass is 10.1. The molecule has 2 aromatic heterocycles. The van der Waals surface area contributed by atoms with Gasteiger partial charge < -0.3 is 4.74 Å². The molecular formula is C15H11NO2S. The van der Waals surface area contributed by atoms with Crippen LogP contribution in [0.5, 0.6) is 5.75 Å². The molecular weight excluding hydrogens is 258 g/mol. The molecule has 0 aliphatic carbocycles. The lowest BCUT2D eigenvalue weighted by molar-refractivity contribution is 0.104. The van der Waals surface area contributed by atoms with Crippen LogP contribution in [0.1, 0.15) is 15.2 Å². The molecule has 0 amide bonds. The van der Waals surface area contributed by atoms with Gasteiger partial charge in [0.1, 0.15) is 5.75 Å². The lowest BCUT2D eigenvalue weighted by Crippen LogP contribution is -1.98. The molecule has 0 radical (unpaired) electrons. The van der Waals surface area contributed by atoms with Crippen molar-refractivity contribution in [3.05, 3.63) is 58.4 Å². The van der Waals surface area contributed by atoms with E-state index in [1.54, 1.807) is 19.4 Å². The van der Waals surface area contributed by atoms with E-state index in [9.17, 15) is 4.79 Å². The molecule has 3 aromatic rings. The fraction of sp³-hybridized carbons (Fsp3) is 0.0667. The molecule has 0 aliphatic heterocycles. The van der Waals surface area contributed by atoms with Crippen LogP contribution in [0, 0.1) is 0 Å². The Morgan fingerprint density at radius 2 is 2.16 bits per heavy atom. The average molecular weight is 269 g/mol. The summed E-state index contributed by atoms with van der Waals surface area (Å²) in [5.74, 6) is 0.716. The number of pyridine rings is 1. The van der Waals surface area contributed by atoms with E-state index < -0.39 is 0 Å². The average Bonchev–Trinajstić information content (AvgIpc) is 2.95. The molecule has 0 aliphatic rings. The Hall–Kier alpha value is -2.20. The fourth-order valence-electron chi connectivity index (χ4n) is 1.89. The van der Waals surface area contributed by atoms with Crippen molar-refractivity contribution >= 4 is 28.0 Å². The van der Waals surface area contributed by atoms with Crippen LogP contribution in [-0.4, -0.2) is 17.9 Å². The van der Waals surface area contributed by atoms with Gasteiger partial charge in [-0.15, -0.1) is 11.3 Å². The summed E-state index contributed by atoms with van der Waals surface area (Å²) in [7, 11) is 1.59. The van der Waals surface area contributed by atoms with E-state index in [0.29, 0.717) is 16.2 Å². The summed E-state index contributed by atoms with van der Waals surface area (Å²) in [6, 6.07) is 11.2. The van der Waals surface area contributed by atoms with Crippen LogP contribution in [-0.2, 0) is 0 Å². The fourth-order valence-corrected chi connectivity index (χ4v) is 2.71. The van der Waals surface area contributed by atoms with Crippen LogP contribution in [0.25, 0.3) is 10.9 Å². The number of aromatic nitrogens is 1. The topological polar surface area (TPSA) is 39.2 Å². The highest BCUT2D eigenvalue weighted by Crippen LogP contribution is 2.24. The van der Waals surface area contributed by atoms with Gasteiger partial charge in [-0.25, -0.2) is 0 Å². The zero-order chi connectivity index (χ0) is 13.2. The van der Waals surface area contributed by atoms with E-state index >= 15 is 0 Å². The van der Waals surface area contributed by atoms with Gasteiger partial charge in [-0.1, -0.05) is 18.2 Å². The molecule has 0 saturated carbocycles. The predicted molar refractivity (Wildman–Crippen MR) is 76.0 cm³/mol. The van der Waals surface area contributed by atoms with Crippen molar-refractivity contribution in [1.29, 1.82) is 0 Å². The maximum atomic E-state index is 12.3. The van der Waals surface area contributed by atoms with E-state index in [2.05, 4.69) is 4.98 Å². The van der Waals surface area contributed by atoms with Gasteiger partial charge in [0, 0.05) is 28.6 Å². The minimum Gasteiger partial charge on any atom is -0.496 e. The summed E-state index contributed by atoms with van der Waals surface area (Å²) in [6.45, 7) is 0. The van der Waals surface area contributed by atoms with Crippen molar-refractivity contribution in [2.24, 2.45) is 0 Å². The Balaban J connectivity index is 2.01. The van der Waals surface area contributed by atoms with Crippen molar-refractivity contribution in [3.8, 4) is 5.75 Å². The number of ether oxygens (including phenoxy) is 1. The molecule has 0 unspecified atom stereocenters. The monoisotopic (exact) mass is 269 g/mol. The van der Waals surface area contributed by atoms with Gasteiger partial charge in [-0.2, -0.15) is 0 Å². The number of rotatable bonds is 3. The normalized spacial score (nSPS) is 10.6. The predicted octanol–water partition coefficient (Wildman–Crippen LogP) is 3.54. The number of thiophene rings is 1. The molecule has 19 heavy (non-hydrogen) atoms. The van der Waals surface area contributed by atoms with E-state index in [1.165, 1.54) is 11.3 Å². The molecule has 0 N–H and O–H groups in total. The number of carbonyl (C=O) groups is 1. The molecule has 0 fully saturated rings. The quantitative estimate of drug-likeness (QED) is 0.683. The first-order chi connectivity index (χ1) is 9.28. The van der Waals surface area contributed by atoms with E-state index in [1.807, 2.05) is 35.7 Å². The summed E-state index contributed by atoms with van der Waals surface area (Å²) in [4.78, 5) is 17.3. The number of methoxy groups -OCH3 is 1. The first-order valence-corrected chi connectivity index (χ1v) is 6.68.